The first-order chi connectivity index (χ1) is 8.41. The van der Waals surface area contributed by atoms with Gasteiger partial charge in [-0.2, -0.15) is 4.68 Å². The highest BCUT2D eigenvalue weighted by Gasteiger charge is 2.21. The van der Waals surface area contributed by atoms with E-state index < -0.39 is 0 Å². The lowest BCUT2D eigenvalue weighted by Crippen LogP contribution is -2.19. The lowest BCUT2D eigenvalue weighted by Gasteiger charge is -2.23. The Kier molecular flexibility index (Phi) is 3.17. The molecule has 0 fully saturated rings. The summed E-state index contributed by atoms with van der Waals surface area (Å²) in [5.41, 5.74) is 8.10. The zero-order chi connectivity index (χ0) is 13.3. The molecule has 0 aliphatic carbocycles. The summed E-state index contributed by atoms with van der Waals surface area (Å²) >= 11 is 0. The quantitative estimate of drug-likeness (QED) is 0.878. The zero-order valence-corrected chi connectivity index (χ0v) is 11.3. The van der Waals surface area contributed by atoms with Crippen LogP contribution in [0.2, 0.25) is 0 Å². The Hall–Kier alpha value is -1.75. The van der Waals surface area contributed by atoms with Crippen LogP contribution in [0.1, 0.15) is 45.1 Å². The Morgan fingerprint density at radius 2 is 1.89 bits per heavy atom. The molecule has 1 atom stereocenters. The molecule has 0 bridgehead atoms. The molecule has 0 aliphatic rings. The van der Waals surface area contributed by atoms with Crippen LogP contribution >= 0.6 is 0 Å². The predicted octanol–water partition coefficient (Wildman–Crippen LogP) is 1.98. The molecule has 5 nitrogen and oxygen atoms in total. The third-order valence-electron chi connectivity index (χ3n) is 2.84. The number of benzene rings is 1. The van der Waals surface area contributed by atoms with Gasteiger partial charge in [-0.05, 0) is 34.4 Å². The maximum Gasteiger partial charge on any atom is 0.173 e. The van der Waals surface area contributed by atoms with Gasteiger partial charge in [-0.25, -0.2) is 0 Å². The zero-order valence-electron chi connectivity index (χ0n) is 11.3. The lowest BCUT2D eigenvalue weighted by atomic mass is 9.86. The largest absolute Gasteiger partial charge is 0.321 e. The van der Waals surface area contributed by atoms with Crippen LogP contribution in [0, 0.1) is 0 Å². The van der Waals surface area contributed by atoms with Gasteiger partial charge in [0, 0.05) is 0 Å². The molecule has 1 heterocycles. The predicted molar refractivity (Wildman–Crippen MR) is 70.5 cm³/mol. The van der Waals surface area contributed by atoms with Crippen molar-refractivity contribution in [2.45, 2.75) is 39.2 Å². The topological polar surface area (TPSA) is 69.6 Å². The Morgan fingerprint density at radius 3 is 2.50 bits per heavy atom. The average Bonchev–Trinajstić information content (AvgIpc) is 2.76. The molecule has 0 amide bonds. The van der Waals surface area contributed by atoms with Gasteiger partial charge >= 0.3 is 0 Å². The monoisotopic (exact) mass is 245 g/mol. The Bertz CT molecular complexity index is 536. The molecule has 0 spiro atoms. The number of nitrogens with zero attached hydrogens (tertiary/aromatic N) is 4. The van der Waals surface area contributed by atoms with Crippen molar-refractivity contribution in [3.63, 3.8) is 0 Å². The molecule has 0 saturated carbocycles. The second kappa shape index (κ2) is 4.49. The molecule has 2 rings (SSSR count). The van der Waals surface area contributed by atoms with E-state index in [9.17, 15) is 0 Å². The van der Waals surface area contributed by atoms with Crippen LogP contribution in [0.3, 0.4) is 0 Å². The number of nitrogens with two attached hydrogens (primary N) is 1. The molecule has 0 saturated heterocycles. The normalized spacial score (nSPS) is 13.6. The number of para-hydroxylation sites is 1. The molecule has 1 unspecified atom stereocenters. The standard InChI is InChI=1S/C13H19N5/c1-9(14)12-15-16-17-18(12)11-8-6-5-7-10(11)13(2,3)4/h5-9H,14H2,1-4H3. The van der Waals surface area contributed by atoms with Gasteiger partial charge in [0.1, 0.15) is 0 Å². The van der Waals surface area contributed by atoms with Gasteiger partial charge in [0.25, 0.3) is 0 Å². The minimum absolute atomic E-state index is 0.0254. The molecular weight excluding hydrogens is 226 g/mol. The van der Waals surface area contributed by atoms with Crippen LogP contribution in [-0.4, -0.2) is 20.2 Å². The van der Waals surface area contributed by atoms with Gasteiger partial charge in [-0.1, -0.05) is 39.0 Å². The van der Waals surface area contributed by atoms with Crippen molar-refractivity contribution in [2.24, 2.45) is 5.73 Å². The second-order valence-electron chi connectivity index (χ2n) is 5.50. The van der Waals surface area contributed by atoms with Crippen LogP contribution in [-0.2, 0) is 5.41 Å². The van der Waals surface area contributed by atoms with Crippen LogP contribution < -0.4 is 5.73 Å². The Morgan fingerprint density at radius 1 is 1.22 bits per heavy atom. The fourth-order valence-corrected chi connectivity index (χ4v) is 1.94. The summed E-state index contributed by atoms with van der Waals surface area (Å²) in [6, 6.07) is 7.93. The SMILES string of the molecule is CC(N)c1nnnn1-c1ccccc1C(C)(C)C. The summed E-state index contributed by atoms with van der Waals surface area (Å²) in [4.78, 5) is 0. The lowest BCUT2D eigenvalue weighted by molar-refractivity contribution is 0.577. The van der Waals surface area contributed by atoms with Crippen LogP contribution in [0.25, 0.3) is 5.69 Å². The Labute approximate surface area is 107 Å². The highest BCUT2D eigenvalue weighted by Crippen LogP contribution is 2.28. The third-order valence-corrected chi connectivity index (χ3v) is 2.84. The van der Waals surface area contributed by atoms with Crippen molar-refractivity contribution >= 4 is 0 Å². The highest BCUT2D eigenvalue weighted by atomic mass is 15.5. The number of rotatable bonds is 2. The van der Waals surface area contributed by atoms with Crippen LogP contribution in [0.5, 0.6) is 0 Å². The van der Waals surface area contributed by atoms with Crippen molar-refractivity contribution < 1.29 is 0 Å². The van der Waals surface area contributed by atoms with Gasteiger partial charge in [-0.3, -0.25) is 0 Å². The minimum Gasteiger partial charge on any atom is -0.321 e. The van der Waals surface area contributed by atoms with Gasteiger partial charge in [0.05, 0.1) is 11.7 Å². The van der Waals surface area contributed by atoms with Gasteiger partial charge in [0.2, 0.25) is 0 Å². The van der Waals surface area contributed by atoms with Crippen molar-refractivity contribution in [2.75, 3.05) is 0 Å². The van der Waals surface area contributed by atoms with E-state index in [4.69, 9.17) is 5.73 Å². The molecule has 0 aliphatic heterocycles. The number of tetrazole rings is 1. The van der Waals surface area contributed by atoms with E-state index in [1.807, 2.05) is 25.1 Å². The van der Waals surface area contributed by atoms with E-state index in [0.29, 0.717) is 5.82 Å². The summed E-state index contributed by atoms with van der Waals surface area (Å²) < 4.78 is 1.73. The highest BCUT2D eigenvalue weighted by molar-refractivity contribution is 5.44. The van der Waals surface area contributed by atoms with E-state index in [1.54, 1.807) is 4.68 Å². The molecular formula is C13H19N5. The van der Waals surface area contributed by atoms with E-state index in [0.717, 1.165) is 5.69 Å². The molecule has 2 aromatic rings. The first kappa shape index (κ1) is 12.7. The minimum atomic E-state index is -0.201. The third kappa shape index (κ3) is 2.26. The molecule has 0 radical (unpaired) electrons. The van der Waals surface area contributed by atoms with Crippen molar-refractivity contribution in [3.05, 3.63) is 35.7 Å². The van der Waals surface area contributed by atoms with Gasteiger partial charge < -0.3 is 5.73 Å². The maximum absolute atomic E-state index is 5.89. The molecule has 2 N–H and O–H groups in total. The van der Waals surface area contributed by atoms with Crippen molar-refractivity contribution in [1.29, 1.82) is 0 Å². The smallest absolute Gasteiger partial charge is 0.173 e. The fraction of sp³-hybridized carbons (Fsp3) is 0.462. The molecule has 1 aromatic carbocycles. The molecule has 96 valence electrons. The van der Waals surface area contributed by atoms with Crippen LogP contribution in [0.15, 0.2) is 24.3 Å². The summed E-state index contributed by atoms with van der Waals surface area (Å²) in [5.74, 6) is 0.673. The van der Waals surface area contributed by atoms with E-state index in [2.05, 4.69) is 42.4 Å². The van der Waals surface area contributed by atoms with E-state index >= 15 is 0 Å². The van der Waals surface area contributed by atoms with Gasteiger partial charge in [-0.15, -0.1) is 5.10 Å². The maximum atomic E-state index is 5.89. The number of hydrogen-bond acceptors (Lipinski definition) is 4. The first-order valence-electron chi connectivity index (χ1n) is 6.05. The summed E-state index contributed by atoms with van der Waals surface area (Å²) in [6.07, 6.45) is 0. The van der Waals surface area contributed by atoms with E-state index in [-0.39, 0.29) is 11.5 Å². The molecule has 18 heavy (non-hydrogen) atoms. The van der Waals surface area contributed by atoms with Crippen LogP contribution in [0.4, 0.5) is 0 Å². The van der Waals surface area contributed by atoms with E-state index in [1.165, 1.54) is 5.56 Å². The fourth-order valence-electron chi connectivity index (χ4n) is 1.94. The first-order valence-corrected chi connectivity index (χ1v) is 6.05. The number of aromatic nitrogens is 4. The average molecular weight is 245 g/mol. The van der Waals surface area contributed by atoms with Crippen molar-refractivity contribution in [3.8, 4) is 5.69 Å². The summed E-state index contributed by atoms with van der Waals surface area (Å²) in [6.45, 7) is 8.38. The Balaban J connectivity index is 2.61. The summed E-state index contributed by atoms with van der Waals surface area (Å²) in [7, 11) is 0. The second-order valence-corrected chi connectivity index (χ2v) is 5.50. The molecule has 1 aromatic heterocycles. The van der Waals surface area contributed by atoms with Gasteiger partial charge in [0.15, 0.2) is 5.82 Å². The van der Waals surface area contributed by atoms with Crippen molar-refractivity contribution in [1.82, 2.24) is 20.2 Å². The molecule has 5 heteroatoms. The summed E-state index contributed by atoms with van der Waals surface area (Å²) in [5, 5.41) is 11.8. The number of hydrogen-bond donors (Lipinski definition) is 1.